The van der Waals surface area contributed by atoms with Gasteiger partial charge in [-0.1, -0.05) is 37.6 Å². The molecule has 2 N–H and O–H groups in total. The molecule has 0 aliphatic rings. The highest BCUT2D eigenvalue weighted by atomic mass is 19.1. The average molecular weight is 427 g/mol. The molecule has 1 heterocycles. The summed E-state index contributed by atoms with van der Waals surface area (Å²) in [5.41, 5.74) is 1.51. The van der Waals surface area contributed by atoms with E-state index >= 15 is 0 Å². The Labute approximate surface area is 180 Å². The first-order valence-corrected chi connectivity index (χ1v) is 10.1. The zero-order valence-corrected chi connectivity index (χ0v) is 17.5. The van der Waals surface area contributed by atoms with Crippen molar-refractivity contribution >= 4 is 5.97 Å². The van der Waals surface area contributed by atoms with Crippen molar-refractivity contribution in [3.63, 3.8) is 0 Å². The van der Waals surface area contributed by atoms with Crippen LogP contribution in [-0.4, -0.2) is 38.4 Å². The summed E-state index contributed by atoms with van der Waals surface area (Å²) < 4.78 is 20.4. The van der Waals surface area contributed by atoms with Crippen LogP contribution in [0.25, 0.3) is 0 Å². The molecule has 2 unspecified atom stereocenters. The highest BCUT2D eigenvalue weighted by Crippen LogP contribution is 2.28. The van der Waals surface area contributed by atoms with Gasteiger partial charge in [-0.2, -0.15) is 0 Å². The van der Waals surface area contributed by atoms with Gasteiger partial charge in [0.05, 0.1) is 19.6 Å². The lowest BCUT2D eigenvalue weighted by molar-refractivity contribution is -0.137. The Morgan fingerprint density at radius 2 is 1.84 bits per heavy atom. The number of halogens is 1. The zero-order valence-electron chi connectivity index (χ0n) is 17.5. The average Bonchev–Trinajstić information content (AvgIpc) is 3.24. The third-order valence-electron chi connectivity index (χ3n) is 5.01. The number of aliphatic carboxylic acids is 1. The largest absolute Gasteiger partial charge is 0.497 e. The van der Waals surface area contributed by atoms with Crippen LogP contribution in [0.4, 0.5) is 4.39 Å². The first-order chi connectivity index (χ1) is 15.0. The summed E-state index contributed by atoms with van der Waals surface area (Å²) in [6, 6.07) is 12.2. The Morgan fingerprint density at radius 3 is 2.45 bits per heavy atom. The number of tetrazole rings is 1. The molecule has 0 aliphatic carbocycles. The van der Waals surface area contributed by atoms with E-state index in [9.17, 15) is 14.3 Å². The fourth-order valence-electron chi connectivity index (χ4n) is 3.35. The molecule has 3 rings (SSSR count). The Morgan fingerprint density at radius 1 is 1.16 bits per heavy atom. The number of ether oxygens (including phenoxy) is 1. The van der Waals surface area contributed by atoms with Crippen molar-refractivity contribution in [3.8, 4) is 5.75 Å². The van der Waals surface area contributed by atoms with Crippen molar-refractivity contribution in [2.45, 2.75) is 44.8 Å². The van der Waals surface area contributed by atoms with E-state index in [1.807, 2.05) is 24.3 Å². The van der Waals surface area contributed by atoms with E-state index in [4.69, 9.17) is 4.74 Å². The van der Waals surface area contributed by atoms with Gasteiger partial charge in [0.2, 0.25) is 0 Å². The molecular formula is C22H26FN5O3. The van der Waals surface area contributed by atoms with Crippen LogP contribution in [0.3, 0.4) is 0 Å². The molecule has 0 radical (unpaired) electrons. The maximum absolute atomic E-state index is 13.4. The van der Waals surface area contributed by atoms with Gasteiger partial charge < -0.3 is 9.84 Å². The first-order valence-electron chi connectivity index (χ1n) is 10.1. The summed E-state index contributed by atoms with van der Waals surface area (Å²) in [6.07, 6.45) is 1.70. The van der Waals surface area contributed by atoms with Crippen LogP contribution in [0, 0.1) is 5.82 Å². The normalized spacial score (nSPS) is 13.0. The molecule has 164 valence electrons. The number of carboxylic acids is 1. The lowest BCUT2D eigenvalue weighted by atomic mass is 9.99. The van der Waals surface area contributed by atoms with Gasteiger partial charge in [0.15, 0.2) is 5.82 Å². The zero-order chi connectivity index (χ0) is 22.2. The number of methoxy groups -OCH3 is 1. The third-order valence-corrected chi connectivity index (χ3v) is 5.01. The highest BCUT2D eigenvalue weighted by molar-refractivity contribution is 5.68. The van der Waals surface area contributed by atoms with Crippen molar-refractivity contribution in [1.82, 2.24) is 25.5 Å². The molecule has 0 fully saturated rings. The number of carboxylic acid groups (broad SMARTS) is 1. The maximum Gasteiger partial charge on any atom is 0.305 e. The second-order valence-corrected chi connectivity index (χ2v) is 7.19. The van der Waals surface area contributed by atoms with Gasteiger partial charge in [0.25, 0.3) is 0 Å². The molecule has 0 spiro atoms. The number of rotatable bonds is 11. The second kappa shape index (κ2) is 10.6. The molecule has 1 aromatic heterocycles. The second-order valence-electron chi connectivity index (χ2n) is 7.19. The Hall–Kier alpha value is -3.33. The SMILES string of the molecule is CCCCn1nnnc1C(NC(CC(=O)O)c1ccc(F)cc1)c1ccc(OC)cc1. The molecule has 2 aromatic carbocycles. The number of aromatic nitrogens is 4. The molecule has 0 amide bonds. The van der Waals surface area contributed by atoms with Crippen LogP contribution in [0.1, 0.15) is 55.2 Å². The number of hydrogen-bond acceptors (Lipinski definition) is 6. The van der Waals surface area contributed by atoms with Gasteiger partial charge in [-0.15, -0.1) is 5.10 Å². The number of nitrogens with zero attached hydrogens (tertiary/aromatic N) is 4. The molecule has 0 saturated heterocycles. The molecule has 31 heavy (non-hydrogen) atoms. The molecule has 9 heteroatoms. The minimum atomic E-state index is -0.971. The monoisotopic (exact) mass is 427 g/mol. The van der Waals surface area contributed by atoms with E-state index in [1.54, 1.807) is 23.9 Å². The molecule has 3 aromatic rings. The van der Waals surface area contributed by atoms with Gasteiger partial charge in [-0.25, -0.2) is 9.07 Å². The minimum absolute atomic E-state index is 0.186. The van der Waals surface area contributed by atoms with Crippen LogP contribution >= 0.6 is 0 Å². The lowest BCUT2D eigenvalue weighted by Crippen LogP contribution is -2.31. The van der Waals surface area contributed by atoms with Crippen molar-refractivity contribution in [2.24, 2.45) is 0 Å². The molecule has 8 nitrogen and oxygen atoms in total. The number of hydrogen-bond donors (Lipinski definition) is 2. The topological polar surface area (TPSA) is 102 Å². The predicted molar refractivity (Wildman–Crippen MR) is 112 cm³/mol. The fourth-order valence-corrected chi connectivity index (χ4v) is 3.35. The molecule has 0 saturated carbocycles. The number of nitrogens with one attached hydrogen (secondary N) is 1. The van der Waals surface area contributed by atoms with Crippen LogP contribution in [-0.2, 0) is 11.3 Å². The number of carbonyl (C=O) groups is 1. The summed E-state index contributed by atoms with van der Waals surface area (Å²) in [5.74, 6) is -0.0706. The molecule has 0 aliphatic heterocycles. The van der Waals surface area contributed by atoms with Gasteiger partial charge >= 0.3 is 5.97 Å². The molecule has 0 bridgehead atoms. The quantitative estimate of drug-likeness (QED) is 0.483. The minimum Gasteiger partial charge on any atom is -0.497 e. The van der Waals surface area contributed by atoms with E-state index in [2.05, 4.69) is 27.8 Å². The van der Waals surface area contributed by atoms with Crippen molar-refractivity contribution < 1.29 is 19.0 Å². The summed E-state index contributed by atoms with van der Waals surface area (Å²) in [4.78, 5) is 11.6. The third kappa shape index (κ3) is 5.85. The Balaban J connectivity index is 2.00. The maximum atomic E-state index is 13.4. The van der Waals surface area contributed by atoms with Crippen molar-refractivity contribution in [1.29, 1.82) is 0 Å². The highest BCUT2D eigenvalue weighted by Gasteiger charge is 2.26. The number of benzene rings is 2. The van der Waals surface area contributed by atoms with E-state index in [-0.39, 0.29) is 12.2 Å². The number of aryl methyl sites for hydroxylation is 1. The van der Waals surface area contributed by atoms with Crippen LogP contribution in [0.5, 0.6) is 5.75 Å². The lowest BCUT2D eigenvalue weighted by Gasteiger charge is -2.25. The summed E-state index contributed by atoms with van der Waals surface area (Å²) in [7, 11) is 1.59. The Kier molecular flexibility index (Phi) is 7.66. The van der Waals surface area contributed by atoms with E-state index in [0.29, 0.717) is 23.7 Å². The smallest absolute Gasteiger partial charge is 0.305 e. The fraction of sp³-hybridized carbons (Fsp3) is 0.364. The van der Waals surface area contributed by atoms with Crippen LogP contribution < -0.4 is 10.1 Å². The summed E-state index contributed by atoms with van der Waals surface area (Å²) in [6.45, 7) is 2.73. The van der Waals surface area contributed by atoms with E-state index < -0.39 is 18.1 Å². The summed E-state index contributed by atoms with van der Waals surface area (Å²) in [5, 5.41) is 25.0. The van der Waals surface area contributed by atoms with E-state index in [0.717, 1.165) is 18.4 Å². The number of unbranched alkanes of at least 4 members (excludes halogenated alkanes) is 1. The molecule has 2 atom stereocenters. The van der Waals surface area contributed by atoms with Crippen molar-refractivity contribution in [3.05, 3.63) is 71.3 Å². The Bertz CT molecular complexity index is 976. The molecular weight excluding hydrogens is 401 g/mol. The van der Waals surface area contributed by atoms with E-state index in [1.165, 1.54) is 12.1 Å². The van der Waals surface area contributed by atoms with Gasteiger partial charge in [0, 0.05) is 12.6 Å². The van der Waals surface area contributed by atoms with Gasteiger partial charge in [-0.05, 0) is 52.2 Å². The predicted octanol–water partition coefficient (Wildman–Crippen LogP) is 3.52. The van der Waals surface area contributed by atoms with Gasteiger partial charge in [0.1, 0.15) is 11.6 Å². The van der Waals surface area contributed by atoms with Crippen LogP contribution in [0.15, 0.2) is 48.5 Å². The van der Waals surface area contributed by atoms with Crippen LogP contribution in [0.2, 0.25) is 0 Å². The van der Waals surface area contributed by atoms with Gasteiger partial charge in [-0.3, -0.25) is 10.1 Å². The first kappa shape index (κ1) is 22.4. The standard InChI is InChI=1S/C22H26FN5O3/c1-3-4-13-28-22(25-26-27-28)21(16-7-11-18(31-2)12-8-16)24-19(14-20(29)30)15-5-9-17(23)10-6-15/h5-12,19,21,24H,3-4,13-14H2,1-2H3,(H,29,30). The van der Waals surface area contributed by atoms with Crippen molar-refractivity contribution in [2.75, 3.05) is 7.11 Å². The summed E-state index contributed by atoms with van der Waals surface area (Å²) >= 11 is 0.